The Morgan fingerprint density at radius 2 is 1.95 bits per heavy atom. The molecule has 0 bridgehead atoms. The van der Waals surface area contributed by atoms with Crippen LogP contribution in [-0.2, 0) is 4.74 Å². The summed E-state index contributed by atoms with van der Waals surface area (Å²) in [5, 5.41) is 13.0. The molecule has 4 atom stereocenters. The summed E-state index contributed by atoms with van der Waals surface area (Å²) in [5.74, 6) is 0. The molecule has 0 amide bonds. The van der Waals surface area contributed by atoms with Gasteiger partial charge in [-0.15, -0.1) is 0 Å². The lowest BCUT2D eigenvalue weighted by atomic mass is 9.98. The van der Waals surface area contributed by atoms with Gasteiger partial charge in [-0.3, -0.25) is 10.2 Å². The topological polar surface area (TPSA) is 48.3 Å². The zero-order chi connectivity index (χ0) is 14.0. The Hall–Kier alpha value is -0.630. The maximum atomic E-state index is 9.53. The summed E-state index contributed by atoms with van der Waals surface area (Å²) in [6.07, 6.45) is 3.64. The first-order valence-corrected chi connectivity index (χ1v) is 7.52. The molecule has 0 aromatic heterocycles. The van der Waals surface area contributed by atoms with E-state index in [0.717, 1.165) is 32.4 Å². The van der Waals surface area contributed by atoms with Gasteiger partial charge in [0.2, 0.25) is 0 Å². The molecule has 4 heteroatoms. The Labute approximate surface area is 117 Å². The Morgan fingerprint density at radius 3 is 2.47 bits per heavy atom. The summed E-state index contributed by atoms with van der Waals surface area (Å²) < 4.78 is 5.80. The fraction of sp³-hybridized carbons (Fsp3) is 0.933. The molecule has 2 unspecified atom stereocenters. The standard InChI is InChI=1S/C15H27N3O/c1-11(2)17-15(10-16)6-5-14(7-15)18-8-12(3)19-13(4)9-18/h11-14,17H,5-9H2,1-4H3/t12-,13+,14?,15?. The van der Waals surface area contributed by atoms with E-state index in [2.05, 4.69) is 44.0 Å². The first kappa shape index (κ1) is 14.8. The van der Waals surface area contributed by atoms with Crippen molar-refractivity contribution in [2.24, 2.45) is 0 Å². The van der Waals surface area contributed by atoms with Crippen LogP contribution < -0.4 is 5.32 Å². The van der Waals surface area contributed by atoms with E-state index in [-0.39, 0.29) is 5.54 Å². The van der Waals surface area contributed by atoms with E-state index < -0.39 is 0 Å². The van der Waals surface area contributed by atoms with Crippen molar-refractivity contribution in [1.82, 2.24) is 10.2 Å². The van der Waals surface area contributed by atoms with Crippen LogP contribution in [0.5, 0.6) is 0 Å². The van der Waals surface area contributed by atoms with Crippen molar-refractivity contribution in [3.8, 4) is 6.07 Å². The third-order valence-corrected chi connectivity index (χ3v) is 4.23. The Morgan fingerprint density at radius 1 is 1.32 bits per heavy atom. The lowest BCUT2D eigenvalue weighted by Gasteiger charge is -2.39. The first-order chi connectivity index (χ1) is 8.94. The summed E-state index contributed by atoms with van der Waals surface area (Å²) in [4.78, 5) is 2.53. The molecule has 1 N–H and O–H groups in total. The third-order valence-electron chi connectivity index (χ3n) is 4.23. The molecule has 19 heavy (non-hydrogen) atoms. The van der Waals surface area contributed by atoms with E-state index in [4.69, 9.17) is 4.74 Å². The highest BCUT2D eigenvalue weighted by molar-refractivity contribution is 5.14. The molecule has 1 saturated carbocycles. The molecule has 0 radical (unpaired) electrons. The predicted octanol–water partition coefficient (Wildman–Crippen LogP) is 1.91. The molecule has 2 fully saturated rings. The van der Waals surface area contributed by atoms with E-state index >= 15 is 0 Å². The minimum Gasteiger partial charge on any atom is -0.373 e. The molecule has 2 rings (SSSR count). The Bertz CT molecular complexity index is 342. The normalized spacial score (nSPS) is 40.5. The lowest BCUT2D eigenvalue weighted by Crippen LogP contribution is -2.51. The van der Waals surface area contributed by atoms with Crippen molar-refractivity contribution in [2.45, 2.75) is 76.8 Å². The SMILES string of the molecule is CC(C)NC1(C#N)CCC(N2C[C@@H](C)O[C@@H](C)C2)C1. The number of ether oxygens (including phenoxy) is 1. The second kappa shape index (κ2) is 5.78. The van der Waals surface area contributed by atoms with Gasteiger partial charge in [0.1, 0.15) is 5.54 Å². The molecule has 1 aliphatic carbocycles. The molecule has 1 aliphatic heterocycles. The number of nitrogens with one attached hydrogen (secondary N) is 1. The highest BCUT2D eigenvalue weighted by Crippen LogP contribution is 2.34. The fourth-order valence-corrected chi connectivity index (χ4v) is 3.66. The predicted molar refractivity (Wildman–Crippen MR) is 75.8 cm³/mol. The molecule has 4 nitrogen and oxygen atoms in total. The molecule has 0 aromatic carbocycles. The summed E-state index contributed by atoms with van der Waals surface area (Å²) in [7, 11) is 0. The maximum absolute atomic E-state index is 9.53. The van der Waals surface area contributed by atoms with Crippen molar-refractivity contribution in [3.63, 3.8) is 0 Å². The Balaban J connectivity index is 1.99. The highest BCUT2D eigenvalue weighted by Gasteiger charge is 2.43. The number of hydrogen-bond acceptors (Lipinski definition) is 4. The number of hydrogen-bond donors (Lipinski definition) is 1. The summed E-state index contributed by atoms with van der Waals surface area (Å²) in [5.41, 5.74) is -0.316. The van der Waals surface area contributed by atoms with Crippen LogP contribution in [0.15, 0.2) is 0 Å². The van der Waals surface area contributed by atoms with Gasteiger partial charge >= 0.3 is 0 Å². The Kier molecular flexibility index (Phi) is 4.50. The zero-order valence-electron chi connectivity index (χ0n) is 12.6. The van der Waals surface area contributed by atoms with Crippen molar-refractivity contribution in [1.29, 1.82) is 5.26 Å². The number of rotatable bonds is 3. The van der Waals surface area contributed by atoms with Gasteiger partial charge in [-0.1, -0.05) is 0 Å². The second-order valence-corrected chi connectivity index (χ2v) is 6.60. The minimum absolute atomic E-state index is 0.305. The van der Waals surface area contributed by atoms with Gasteiger partial charge in [-0.05, 0) is 47.0 Å². The van der Waals surface area contributed by atoms with Gasteiger partial charge in [0, 0.05) is 25.2 Å². The second-order valence-electron chi connectivity index (χ2n) is 6.60. The van der Waals surface area contributed by atoms with Gasteiger partial charge in [0.05, 0.1) is 18.3 Å². The van der Waals surface area contributed by atoms with E-state index in [0.29, 0.717) is 24.3 Å². The van der Waals surface area contributed by atoms with Gasteiger partial charge in [-0.2, -0.15) is 5.26 Å². The summed E-state index contributed by atoms with van der Waals surface area (Å²) in [6, 6.07) is 3.42. The van der Waals surface area contributed by atoms with Gasteiger partial charge in [-0.25, -0.2) is 0 Å². The van der Waals surface area contributed by atoms with E-state index in [9.17, 15) is 5.26 Å². The van der Waals surface area contributed by atoms with E-state index in [1.54, 1.807) is 0 Å². The van der Waals surface area contributed by atoms with Crippen molar-refractivity contribution in [3.05, 3.63) is 0 Å². The minimum atomic E-state index is -0.316. The van der Waals surface area contributed by atoms with Crippen LogP contribution in [0.1, 0.15) is 47.0 Å². The lowest BCUT2D eigenvalue weighted by molar-refractivity contribution is -0.0800. The van der Waals surface area contributed by atoms with Crippen molar-refractivity contribution in [2.75, 3.05) is 13.1 Å². The van der Waals surface area contributed by atoms with E-state index in [1.807, 2.05) is 0 Å². The summed E-state index contributed by atoms with van der Waals surface area (Å²) >= 11 is 0. The number of nitrogens with zero attached hydrogens (tertiary/aromatic N) is 2. The molecular weight excluding hydrogens is 238 g/mol. The van der Waals surface area contributed by atoms with Gasteiger partial charge in [0.25, 0.3) is 0 Å². The van der Waals surface area contributed by atoms with Gasteiger partial charge in [0.15, 0.2) is 0 Å². The number of morpholine rings is 1. The van der Waals surface area contributed by atoms with Crippen LogP contribution in [0.25, 0.3) is 0 Å². The van der Waals surface area contributed by atoms with E-state index in [1.165, 1.54) is 0 Å². The average Bonchev–Trinajstić information content (AvgIpc) is 2.72. The van der Waals surface area contributed by atoms with Crippen LogP contribution in [0.4, 0.5) is 0 Å². The third kappa shape index (κ3) is 3.47. The van der Waals surface area contributed by atoms with Crippen molar-refractivity contribution >= 4 is 0 Å². The maximum Gasteiger partial charge on any atom is 0.108 e. The van der Waals surface area contributed by atoms with Crippen molar-refractivity contribution < 1.29 is 4.74 Å². The van der Waals surface area contributed by atoms with Crippen LogP contribution in [-0.4, -0.2) is 47.8 Å². The number of nitriles is 1. The monoisotopic (exact) mass is 265 g/mol. The molecule has 0 aromatic rings. The van der Waals surface area contributed by atoms with Crippen LogP contribution >= 0.6 is 0 Å². The average molecular weight is 265 g/mol. The highest BCUT2D eigenvalue weighted by atomic mass is 16.5. The summed E-state index contributed by atoms with van der Waals surface area (Å²) in [6.45, 7) is 10.5. The van der Waals surface area contributed by atoms with Gasteiger partial charge < -0.3 is 4.74 Å². The molecule has 0 spiro atoms. The smallest absolute Gasteiger partial charge is 0.108 e. The largest absolute Gasteiger partial charge is 0.373 e. The van der Waals surface area contributed by atoms with Crippen LogP contribution in [0, 0.1) is 11.3 Å². The van der Waals surface area contributed by atoms with Crippen LogP contribution in [0.2, 0.25) is 0 Å². The zero-order valence-corrected chi connectivity index (χ0v) is 12.6. The molecule has 1 heterocycles. The molecule has 108 valence electrons. The molecule has 1 saturated heterocycles. The van der Waals surface area contributed by atoms with Crippen LogP contribution in [0.3, 0.4) is 0 Å². The molecule has 2 aliphatic rings. The molecular formula is C15H27N3O. The fourth-order valence-electron chi connectivity index (χ4n) is 3.66. The first-order valence-electron chi connectivity index (χ1n) is 7.52. The quantitative estimate of drug-likeness (QED) is 0.847.